The van der Waals surface area contributed by atoms with E-state index in [-0.39, 0.29) is 5.82 Å². The van der Waals surface area contributed by atoms with E-state index in [0.29, 0.717) is 12.1 Å². The second kappa shape index (κ2) is 5.59. The molecule has 0 saturated carbocycles. The van der Waals surface area contributed by atoms with Crippen molar-refractivity contribution >= 4 is 32.5 Å². The summed E-state index contributed by atoms with van der Waals surface area (Å²) >= 11 is 3.25. The minimum Gasteiger partial charge on any atom is -0.380 e. The first-order valence-electron chi connectivity index (χ1n) is 6.25. The third-order valence-corrected chi connectivity index (χ3v) is 3.58. The Labute approximate surface area is 124 Å². The van der Waals surface area contributed by atoms with E-state index in [9.17, 15) is 4.39 Å². The maximum Gasteiger partial charge on any atom is 0.129 e. The van der Waals surface area contributed by atoms with Gasteiger partial charge in [-0.3, -0.25) is 4.98 Å². The minimum absolute atomic E-state index is 0.222. The second-order valence-corrected chi connectivity index (χ2v) is 5.42. The number of anilines is 1. The normalized spacial score (nSPS) is 10.7. The van der Waals surface area contributed by atoms with Crippen molar-refractivity contribution in [2.45, 2.75) is 6.54 Å². The zero-order valence-electron chi connectivity index (χ0n) is 10.6. The highest BCUT2D eigenvalue weighted by atomic mass is 79.9. The number of rotatable bonds is 3. The maximum atomic E-state index is 13.7. The molecule has 0 spiro atoms. The fraction of sp³-hybridized carbons (Fsp3) is 0.0625. The molecule has 0 aliphatic heterocycles. The molecule has 0 aliphatic rings. The van der Waals surface area contributed by atoms with Crippen LogP contribution in [0.4, 0.5) is 10.1 Å². The molecular weight excluding hydrogens is 319 g/mol. The molecule has 1 N–H and O–H groups in total. The van der Waals surface area contributed by atoms with Gasteiger partial charge in [-0.2, -0.15) is 0 Å². The quantitative estimate of drug-likeness (QED) is 0.749. The predicted octanol–water partition coefficient (Wildman–Crippen LogP) is 4.75. The Morgan fingerprint density at radius 1 is 1.10 bits per heavy atom. The summed E-state index contributed by atoms with van der Waals surface area (Å²) in [5, 5.41) is 4.26. The molecule has 0 amide bonds. The Morgan fingerprint density at radius 3 is 2.80 bits per heavy atom. The summed E-state index contributed by atoms with van der Waals surface area (Å²) in [4.78, 5) is 4.37. The molecule has 20 heavy (non-hydrogen) atoms. The standard InChI is InChI=1S/C16H12BrFN2/c17-13-6-5-12(15(18)8-13)9-19-14-7-11-3-1-2-4-16(11)20-10-14/h1-8,10,19H,9H2. The van der Waals surface area contributed by atoms with Crippen LogP contribution in [-0.2, 0) is 6.54 Å². The molecule has 0 aliphatic carbocycles. The Morgan fingerprint density at radius 2 is 1.95 bits per heavy atom. The van der Waals surface area contributed by atoms with E-state index in [4.69, 9.17) is 0 Å². The first-order valence-corrected chi connectivity index (χ1v) is 7.04. The Hall–Kier alpha value is -1.94. The van der Waals surface area contributed by atoms with Gasteiger partial charge in [-0.15, -0.1) is 0 Å². The molecule has 0 atom stereocenters. The van der Waals surface area contributed by atoms with Gasteiger partial charge in [0.05, 0.1) is 17.4 Å². The molecule has 0 unspecified atom stereocenters. The van der Waals surface area contributed by atoms with Crippen LogP contribution in [0.25, 0.3) is 10.9 Å². The third kappa shape index (κ3) is 2.80. The first kappa shape index (κ1) is 13.1. The van der Waals surface area contributed by atoms with Crippen molar-refractivity contribution in [3.8, 4) is 0 Å². The van der Waals surface area contributed by atoms with Crippen molar-refractivity contribution in [1.82, 2.24) is 4.98 Å². The summed E-state index contributed by atoms with van der Waals surface area (Å²) < 4.78 is 14.5. The van der Waals surface area contributed by atoms with Crippen LogP contribution in [0.2, 0.25) is 0 Å². The summed E-state index contributed by atoms with van der Waals surface area (Å²) in [6.45, 7) is 0.430. The maximum absolute atomic E-state index is 13.7. The SMILES string of the molecule is Fc1cc(Br)ccc1CNc1cnc2ccccc2c1. The lowest BCUT2D eigenvalue weighted by molar-refractivity contribution is 0.612. The summed E-state index contributed by atoms with van der Waals surface area (Å²) in [7, 11) is 0. The Balaban J connectivity index is 1.79. The molecule has 1 heterocycles. The third-order valence-electron chi connectivity index (χ3n) is 3.09. The van der Waals surface area contributed by atoms with Crippen molar-refractivity contribution in [2.75, 3.05) is 5.32 Å². The van der Waals surface area contributed by atoms with Crippen LogP contribution in [0, 0.1) is 5.82 Å². The molecule has 100 valence electrons. The fourth-order valence-corrected chi connectivity index (χ4v) is 2.36. The number of para-hydroxylation sites is 1. The molecule has 0 radical (unpaired) electrons. The number of nitrogens with one attached hydrogen (secondary N) is 1. The molecule has 3 rings (SSSR count). The minimum atomic E-state index is -0.222. The van der Waals surface area contributed by atoms with Gasteiger partial charge in [0, 0.05) is 22.0 Å². The van der Waals surface area contributed by atoms with E-state index >= 15 is 0 Å². The number of aromatic nitrogens is 1. The summed E-state index contributed by atoms with van der Waals surface area (Å²) in [5.74, 6) is -0.222. The summed E-state index contributed by atoms with van der Waals surface area (Å²) in [6.07, 6.45) is 1.76. The highest BCUT2D eigenvalue weighted by Gasteiger charge is 2.03. The number of pyridine rings is 1. The number of fused-ring (bicyclic) bond motifs is 1. The van der Waals surface area contributed by atoms with Gasteiger partial charge < -0.3 is 5.32 Å². The summed E-state index contributed by atoms with van der Waals surface area (Å²) in [5.41, 5.74) is 2.46. The van der Waals surface area contributed by atoms with Crippen molar-refractivity contribution in [3.63, 3.8) is 0 Å². The molecular formula is C16H12BrFN2. The van der Waals surface area contributed by atoms with Crippen LogP contribution < -0.4 is 5.32 Å². The fourth-order valence-electron chi connectivity index (χ4n) is 2.03. The van der Waals surface area contributed by atoms with E-state index < -0.39 is 0 Å². The van der Waals surface area contributed by atoms with Gasteiger partial charge in [0.1, 0.15) is 5.82 Å². The van der Waals surface area contributed by atoms with Crippen LogP contribution in [0.5, 0.6) is 0 Å². The lowest BCUT2D eigenvalue weighted by Crippen LogP contribution is -2.02. The van der Waals surface area contributed by atoms with Gasteiger partial charge in [0.15, 0.2) is 0 Å². The van der Waals surface area contributed by atoms with Gasteiger partial charge >= 0.3 is 0 Å². The number of nitrogens with zero attached hydrogens (tertiary/aromatic N) is 1. The largest absolute Gasteiger partial charge is 0.380 e. The van der Waals surface area contributed by atoms with E-state index in [0.717, 1.165) is 21.1 Å². The first-order chi connectivity index (χ1) is 9.72. The van der Waals surface area contributed by atoms with Gasteiger partial charge in [-0.25, -0.2) is 4.39 Å². The second-order valence-electron chi connectivity index (χ2n) is 4.51. The van der Waals surface area contributed by atoms with Crippen LogP contribution >= 0.6 is 15.9 Å². The van der Waals surface area contributed by atoms with Crippen LogP contribution in [0.1, 0.15) is 5.56 Å². The lowest BCUT2D eigenvalue weighted by Gasteiger charge is -2.08. The van der Waals surface area contributed by atoms with Crippen LogP contribution in [0.3, 0.4) is 0 Å². The van der Waals surface area contributed by atoms with Crippen LogP contribution in [-0.4, -0.2) is 4.98 Å². The number of halogens is 2. The number of hydrogen-bond acceptors (Lipinski definition) is 2. The zero-order valence-corrected chi connectivity index (χ0v) is 12.2. The molecule has 1 aromatic heterocycles. The molecule has 0 fully saturated rings. The lowest BCUT2D eigenvalue weighted by atomic mass is 10.2. The topological polar surface area (TPSA) is 24.9 Å². The molecule has 2 nitrogen and oxygen atoms in total. The van der Waals surface area contributed by atoms with E-state index in [1.165, 1.54) is 6.07 Å². The van der Waals surface area contributed by atoms with Gasteiger partial charge in [0.25, 0.3) is 0 Å². The predicted molar refractivity (Wildman–Crippen MR) is 83.2 cm³/mol. The van der Waals surface area contributed by atoms with Crippen molar-refractivity contribution < 1.29 is 4.39 Å². The molecule has 2 aromatic carbocycles. The van der Waals surface area contributed by atoms with Gasteiger partial charge in [-0.05, 0) is 24.3 Å². The molecule has 4 heteroatoms. The molecule has 0 saturated heterocycles. The molecule has 3 aromatic rings. The Bertz CT molecular complexity index is 758. The number of benzene rings is 2. The van der Waals surface area contributed by atoms with E-state index in [1.807, 2.05) is 36.4 Å². The summed E-state index contributed by atoms with van der Waals surface area (Å²) in [6, 6.07) is 15.0. The highest BCUT2D eigenvalue weighted by Crippen LogP contribution is 2.19. The van der Waals surface area contributed by atoms with Crippen molar-refractivity contribution in [3.05, 3.63) is 70.6 Å². The Kier molecular flexibility index (Phi) is 3.65. The van der Waals surface area contributed by atoms with Crippen LogP contribution in [0.15, 0.2) is 59.2 Å². The van der Waals surface area contributed by atoms with Crippen molar-refractivity contribution in [1.29, 1.82) is 0 Å². The zero-order chi connectivity index (χ0) is 13.9. The average molecular weight is 331 g/mol. The monoisotopic (exact) mass is 330 g/mol. The van der Waals surface area contributed by atoms with E-state index in [2.05, 4.69) is 26.2 Å². The number of hydrogen-bond donors (Lipinski definition) is 1. The van der Waals surface area contributed by atoms with E-state index in [1.54, 1.807) is 12.3 Å². The molecule has 0 bridgehead atoms. The smallest absolute Gasteiger partial charge is 0.129 e. The average Bonchev–Trinajstić information content (AvgIpc) is 2.46. The van der Waals surface area contributed by atoms with Gasteiger partial charge in [-0.1, -0.05) is 40.2 Å². The van der Waals surface area contributed by atoms with Crippen molar-refractivity contribution in [2.24, 2.45) is 0 Å². The van der Waals surface area contributed by atoms with Gasteiger partial charge in [0.2, 0.25) is 0 Å². The highest BCUT2D eigenvalue weighted by molar-refractivity contribution is 9.10.